The molecule has 0 rings (SSSR count). The minimum Gasteiger partial charge on any atom is -0.477 e. The summed E-state index contributed by atoms with van der Waals surface area (Å²) in [5, 5.41) is 8.20. The van der Waals surface area contributed by atoms with Gasteiger partial charge in [0.05, 0.1) is 12.7 Å². The third-order valence-corrected chi connectivity index (χ3v) is 1.76. The van der Waals surface area contributed by atoms with E-state index in [0.717, 1.165) is 0 Å². The first-order valence-electron chi connectivity index (χ1n) is 4.89. The van der Waals surface area contributed by atoms with Gasteiger partial charge in [0.2, 0.25) is 0 Å². The van der Waals surface area contributed by atoms with Crippen LogP contribution in [0.1, 0.15) is 20.3 Å². The summed E-state index contributed by atoms with van der Waals surface area (Å²) in [6.45, 7) is 2.60. The largest absolute Gasteiger partial charge is 0.477 e. The second kappa shape index (κ2) is 6.15. The third kappa shape index (κ3) is 4.47. The van der Waals surface area contributed by atoms with Gasteiger partial charge in [-0.1, -0.05) is 6.92 Å². The highest BCUT2D eigenvalue weighted by molar-refractivity contribution is 5.76. The zero-order chi connectivity index (χ0) is 13.7. The van der Waals surface area contributed by atoms with Crippen molar-refractivity contribution in [3.63, 3.8) is 0 Å². The quantitative estimate of drug-likeness (QED) is 0.714. The molecule has 2 atom stereocenters. The highest BCUT2D eigenvalue weighted by Gasteiger charge is 2.64. The molecule has 0 radical (unpaired) electrons. The van der Waals surface area contributed by atoms with Gasteiger partial charge in [-0.2, -0.15) is 17.6 Å². The maximum Gasteiger partial charge on any atom is 0.460 e. The fourth-order valence-electron chi connectivity index (χ4n) is 0.864. The fourth-order valence-corrected chi connectivity index (χ4v) is 0.864. The van der Waals surface area contributed by atoms with Crippen molar-refractivity contribution in [2.45, 2.75) is 38.4 Å². The first-order chi connectivity index (χ1) is 7.65. The van der Waals surface area contributed by atoms with Crippen LogP contribution >= 0.6 is 0 Å². The van der Waals surface area contributed by atoms with Crippen LogP contribution in [0.3, 0.4) is 0 Å². The van der Waals surface area contributed by atoms with Crippen LogP contribution in [0.25, 0.3) is 0 Å². The summed E-state index contributed by atoms with van der Waals surface area (Å²) in [7, 11) is 0. The molecular formula is C9H14F4O4. The first-order valence-corrected chi connectivity index (χ1v) is 4.89. The highest BCUT2D eigenvalue weighted by atomic mass is 19.4. The van der Waals surface area contributed by atoms with Crippen molar-refractivity contribution in [2.75, 3.05) is 13.2 Å². The number of hydrogen-bond acceptors (Lipinski definition) is 3. The average Bonchev–Trinajstić information content (AvgIpc) is 2.20. The van der Waals surface area contributed by atoms with Crippen molar-refractivity contribution in [2.24, 2.45) is 0 Å². The van der Waals surface area contributed by atoms with Gasteiger partial charge in [-0.3, -0.25) is 0 Å². The van der Waals surface area contributed by atoms with E-state index in [-0.39, 0.29) is 6.61 Å². The molecule has 0 aromatic carbocycles. The van der Waals surface area contributed by atoms with Gasteiger partial charge in [0.15, 0.2) is 0 Å². The van der Waals surface area contributed by atoms with Crippen LogP contribution in [-0.2, 0) is 14.3 Å². The lowest BCUT2D eigenvalue weighted by Gasteiger charge is -2.25. The smallest absolute Gasteiger partial charge is 0.460 e. The molecule has 2 unspecified atom stereocenters. The minimum atomic E-state index is -5.64. The Kier molecular flexibility index (Phi) is 5.83. The normalized spacial score (nSPS) is 17.5. The van der Waals surface area contributed by atoms with Crippen LogP contribution < -0.4 is 0 Å². The summed E-state index contributed by atoms with van der Waals surface area (Å²) in [5.74, 6) is -7.43. The average molecular weight is 262 g/mol. The maximum absolute atomic E-state index is 13.1. The Morgan fingerprint density at radius 1 is 1.35 bits per heavy atom. The SMILES string of the molecule is CCCOC(C)COC(F)(C(=O)O)C(F)(F)F. The molecule has 0 bridgehead atoms. The number of rotatable bonds is 7. The second-order valence-corrected chi connectivity index (χ2v) is 3.39. The molecule has 0 aliphatic rings. The van der Waals surface area contributed by atoms with Crippen LogP contribution in [0, 0.1) is 0 Å². The summed E-state index contributed by atoms with van der Waals surface area (Å²) in [5.41, 5.74) is 0. The van der Waals surface area contributed by atoms with Gasteiger partial charge in [-0.05, 0) is 13.3 Å². The Morgan fingerprint density at radius 2 is 1.88 bits per heavy atom. The Bertz CT molecular complexity index is 256. The molecule has 102 valence electrons. The van der Waals surface area contributed by atoms with E-state index in [1.54, 1.807) is 6.92 Å². The summed E-state index contributed by atoms with van der Waals surface area (Å²) in [6.07, 6.45) is -5.83. The van der Waals surface area contributed by atoms with Crippen molar-refractivity contribution in [1.82, 2.24) is 0 Å². The van der Waals surface area contributed by atoms with E-state index in [2.05, 4.69) is 4.74 Å². The number of halogens is 4. The van der Waals surface area contributed by atoms with E-state index in [0.29, 0.717) is 6.42 Å². The summed E-state index contributed by atoms with van der Waals surface area (Å²) in [4.78, 5) is 10.2. The Hall–Kier alpha value is -0.890. The Labute approximate surface area is 95.5 Å². The Morgan fingerprint density at radius 3 is 2.24 bits per heavy atom. The molecule has 17 heavy (non-hydrogen) atoms. The molecule has 0 spiro atoms. The molecule has 0 fully saturated rings. The molecule has 0 saturated heterocycles. The monoisotopic (exact) mass is 262 g/mol. The van der Waals surface area contributed by atoms with E-state index < -0.39 is 30.7 Å². The fraction of sp³-hybridized carbons (Fsp3) is 0.889. The molecule has 0 aromatic heterocycles. The van der Waals surface area contributed by atoms with Gasteiger partial charge in [0.25, 0.3) is 0 Å². The van der Waals surface area contributed by atoms with E-state index in [4.69, 9.17) is 9.84 Å². The van der Waals surface area contributed by atoms with Crippen molar-refractivity contribution >= 4 is 5.97 Å². The maximum atomic E-state index is 13.1. The van der Waals surface area contributed by atoms with Crippen LogP contribution in [-0.4, -0.2) is 42.4 Å². The predicted octanol–water partition coefficient (Wildman–Crippen LogP) is 2.13. The van der Waals surface area contributed by atoms with Gasteiger partial charge < -0.3 is 14.6 Å². The van der Waals surface area contributed by atoms with Crippen LogP contribution in [0.2, 0.25) is 0 Å². The zero-order valence-corrected chi connectivity index (χ0v) is 9.38. The van der Waals surface area contributed by atoms with Crippen LogP contribution in [0.4, 0.5) is 17.6 Å². The molecule has 8 heteroatoms. The topological polar surface area (TPSA) is 55.8 Å². The molecule has 0 aliphatic heterocycles. The number of ether oxygens (including phenoxy) is 2. The number of carboxylic acid groups (broad SMARTS) is 1. The van der Waals surface area contributed by atoms with Crippen LogP contribution in [0.15, 0.2) is 0 Å². The van der Waals surface area contributed by atoms with Crippen molar-refractivity contribution in [1.29, 1.82) is 0 Å². The molecule has 0 aliphatic carbocycles. The number of alkyl halides is 4. The lowest BCUT2D eigenvalue weighted by Crippen LogP contribution is -2.51. The third-order valence-electron chi connectivity index (χ3n) is 1.76. The van der Waals surface area contributed by atoms with Crippen molar-refractivity contribution < 1.29 is 36.9 Å². The Balaban J connectivity index is 4.44. The number of carbonyl (C=O) groups is 1. The molecule has 0 heterocycles. The number of hydrogen-bond donors (Lipinski definition) is 1. The van der Waals surface area contributed by atoms with Crippen molar-refractivity contribution in [3.05, 3.63) is 0 Å². The summed E-state index contributed by atoms with van der Waals surface area (Å²) >= 11 is 0. The second-order valence-electron chi connectivity index (χ2n) is 3.39. The minimum absolute atomic E-state index is 0.267. The standard InChI is InChI=1S/C9H14F4O4/c1-3-4-16-6(2)5-17-8(10,7(14)15)9(11,12)13/h6H,3-5H2,1-2H3,(H,14,15). The number of aliphatic carboxylic acids is 1. The van der Waals surface area contributed by atoms with Gasteiger partial charge in [0.1, 0.15) is 0 Å². The first kappa shape index (κ1) is 16.1. The summed E-state index contributed by atoms with van der Waals surface area (Å²) in [6, 6.07) is 0. The molecule has 0 aromatic rings. The molecule has 0 amide bonds. The lowest BCUT2D eigenvalue weighted by molar-refractivity contribution is -0.326. The summed E-state index contributed by atoms with van der Waals surface area (Å²) < 4.78 is 58.2. The van der Waals surface area contributed by atoms with Gasteiger partial charge in [0, 0.05) is 6.61 Å². The van der Waals surface area contributed by atoms with Crippen LogP contribution in [0.5, 0.6) is 0 Å². The van der Waals surface area contributed by atoms with E-state index in [1.807, 2.05) is 0 Å². The molecule has 1 N–H and O–H groups in total. The van der Waals surface area contributed by atoms with Gasteiger partial charge >= 0.3 is 18.0 Å². The molecule has 0 saturated carbocycles. The zero-order valence-electron chi connectivity index (χ0n) is 9.38. The van der Waals surface area contributed by atoms with Gasteiger partial charge in [-0.15, -0.1) is 0 Å². The number of carboxylic acids is 1. The lowest BCUT2D eigenvalue weighted by atomic mass is 10.3. The van der Waals surface area contributed by atoms with E-state index in [1.165, 1.54) is 6.92 Å². The molecular weight excluding hydrogens is 248 g/mol. The van der Waals surface area contributed by atoms with E-state index in [9.17, 15) is 22.4 Å². The van der Waals surface area contributed by atoms with E-state index >= 15 is 0 Å². The highest BCUT2D eigenvalue weighted by Crippen LogP contribution is 2.35. The van der Waals surface area contributed by atoms with Gasteiger partial charge in [-0.25, -0.2) is 4.79 Å². The predicted molar refractivity (Wildman–Crippen MR) is 49.2 cm³/mol. The van der Waals surface area contributed by atoms with Crippen molar-refractivity contribution in [3.8, 4) is 0 Å². The molecule has 4 nitrogen and oxygen atoms in total.